The van der Waals surface area contributed by atoms with Crippen LogP contribution in [0.4, 0.5) is 14.6 Å². The smallest absolute Gasteiger partial charge is 0.168 e. The fraction of sp³-hybridized carbons (Fsp3) is 0.286. The second kappa shape index (κ2) is 5.30. The van der Waals surface area contributed by atoms with Gasteiger partial charge < -0.3 is 5.32 Å². The summed E-state index contributed by atoms with van der Waals surface area (Å²) < 4.78 is 27.2. The normalized spacial score (nSPS) is 10.6. The molecule has 0 aliphatic rings. The van der Waals surface area contributed by atoms with Crippen molar-refractivity contribution >= 4 is 5.82 Å². The Kier molecular flexibility index (Phi) is 3.74. The number of nitrogens with zero attached hydrogens (tertiary/aromatic N) is 2. The van der Waals surface area contributed by atoms with Gasteiger partial charge in [0.2, 0.25) is 0 Å². The molecule has 1 N–H and O–H groups in total. The van der Waals surface area contributed by atoms with Crippen LogP contribution in [-0.4, -0.2) is 16.5 Å². The van der Waals surface area contributed by atoms with Crippen LogP contribution >= 0.6 is 0 Å². The Hall–Kier alpha value is -2.04. The van der Waals surface area contributed by atoms with E-state index in [2.05, 4.69) is 15.3 Å². The molecule has 1 aromatic carbocycles. The number of aromatic nitrogens is 2. The van der Waals surface area contributed by atoms with E-state index in [1.165, 1.54) is 12.1 Å². The minimum Gasteiger partial charge on any atom is -0.369 e. The SMILES string of the molecule is CCNc1nc(C)c(C)nc1-c1cccc(F)c1F. The van der Waals surface area contributed by atoms with Gasteiger partial charge in [-0.3, -0.25) is 0 Å². The number of hydrogen-bond donors (Lipinski definition) is 1. The van der Waals surface area contributed by atoms with Crippen molar-refractivity contribution in [2.75, 3.05) is 11.9 Å². The fourth-order valence-electron chi connectivity index (χ4n) is 1.77. The van der Waals surface area contributed by atoms with Crippen LogP contribution in [0.15, 0.2) is 18.2 Å². The molecule has 0 atom stereocenters. The van der Waals surface area contributed by atoms with Crippen molar-refractivity contribution < 1.29 is 8.78 Å². The first kappa shape index (κ1) is 13.4. The zero-order valence-electron chi connectivity index (χ0n) is 11.1. The lowest BCUT2D eigenvalue weighted by atomic mass is 10.1. The molecular weight excluding hydrogens is 248 g/mol. The van der Waals surface area contributed by atoms with Crippen LogP contribution in [0, 0.1) is 25.5 Å². The van der Waals surface area contributed by atoms with E-state index in [-0.39, 0.29) is 5.56 Å². The zero-order chi connectivity index (χ0) is 14.0. The monoisotopic (exact) mass is 263 g/mol. The van der Waals surface area contributed by atoms with E-state index in [9.17, 15) is 8.78 Å². The first-order chi connectivity index (χ1) is 9.04. The van der Waals surface area contributed by atoms with Gasteiger partial charge in [-0.05, 0) is 32.9 Å². The van der Waals surface area contributed by atoms with Gasteiger partial charge in [0.1, 0.15) is 5.69 Å². The first-order valence-electron chi connectivity index (χ1n) is 6.08. The molecule has 5 heteroatoms. The summed E-state index contributed by atoms with van der Waals surface area (Å²) in [7, 11) is 0. The highest BCUT2D eigenvalue weighted by atomic mass is 19.2. The summed E-state index contributed by atoms with van der Waals surface area (Å²) in [6, 6.07) is 4.04. The summed E-state index contributed by atoms with van der Waals surface area (Å²) in [4.78, 5) is 8.68. The summed E-state index contributed by atoms with van der Waals surface area (Å²) in [5.41, 5.74) is 1.91. The Balaban J connectivity index is 2.66. The van der Waals surface area contributed by atoms with E-state index in [0.717, 1.165) is 11.8 Å². The molecule has 0 amide bonds. The molecule has 0 unspecified atom stereocenters. The van der Waals surface area contributed by atoms with Crippen LogP contribution in [0.3, 0.4) is 0 Å². The standard InChI is InChI=1S/C14H15F2N3/c1-4-17-14-13(18-8(2)9(3)19-14)10-6-5-7-11(15)12(10)16/h5-7H,4H2,1-3H3,(H,17,19). The van der Waals surface area contributed by atoms with Crippen LogP contribution in [0.2, 0.25) is 0 Å². The molecule has 0 aliphatic carbocycles. The van der Waals surface area contributed by atoms with E-state index in [0.29, 0.717) is 23.8 Å². The third-order valence-electron chi connectivity index (χ3n) is 2.86. The second-order valence-corrected chi connectivity index (χ2v) is 4.22. The van der Waals surface area contributed by atoms with Gasteiger partial charge in [-0.15, -0.1) is 0 Å². The first-order valence-corrected chi connectivity index (χ1v) is 6.08. The van der Waals surface area contributed by atoms with Crippen LogP contribution in [0.25, 0.3) is 11.3 Å². The van der Waals surface area contributed by atoms with E-state index in [1.54, 1.807) is 6.92 Å². The lowest BCUT2D eigenvalue weighted by molar-refractivity contribution is 0.511. The largest absolute Gasteiger partial charge is 0.369 e. The number of hydrogen-bond acceptors (Lipinski definition) is 3. The number of halogens is 2. The van der Waals surface area contributed by atoms with Gasteiger partial charge in [-0.1, -0.05) is 6.07 Å². The third-order valence-corrected chi connectivity index (χ3v) is 2.86. The minimum atomic E-state index is -0.904. The molecule has 19 heavy (non-hydrogen) atoms. The van der Waals surface area contributed by atoms with Crippen LogP contribution < -0.4 is 5.32 Å². The van der Waals surface area contributed by atoms with Gasteiger partial charge in [0.25, 0.3) is 0 Å². The summed E-state index contributed by atoms with van der Waals surface area (Å²) >= 11 is 0. The quantitative estimate of drug-likeness (QED) is 0.921. The third kappa shape index (κ3) is 2.54. The lowest BCUT2D eigenvalue weighted by Gasteiger charge is -2.12. The average Bonchev–Trinajstić information content (AvgIpc) is 2.37. The highest BCUT2D eigenvalue weighted by molar-refractivity contribution is 5.72. The number of anilines is 1. The van der Waals surface area contributed by atoms with Crippen molar-refractivity contribution in [3.8, 4) is 11.3 Å². The van der Waals surface area contributed by atoms with Crippen LogP contribution in [0.5, 0.6) is 0 Å². The molecule has 0 spiro atoms. The molecule has 0 bridgehead atoms. The maximum Gasteiger partial charge on any atom is 0.168 e. The average molecular weight is 263 g/mol. The van der Waals surface area contributed by atoms with Gasteiger partial charge in [-0.2, -0.15) is 0 Å². The topological polar surface area (TPSA) is 37.8 Å². The van der Waals surface area contributed by atoms with Crippen molar-refractivity contribution in [3.63, 3.8) is 0 Å². The fourth-order valence-corrected chi connectivity index (χ4v) is 1.77. The Morgan fingerprint density at radius 3 is 2.47 bits per heavy atom. The number of rotatable bonds is 3. The molecule has 100 valence electrons. The van der Waals surface area contributed by atoms with Gasteiger partial charge >= 0.3 is 0 Å². The Morgan fingerprint density at radius 1 is 1.11 bits per heavy atom. The number of aryl methyl sites for hydroxylation is 2. The zero-order valence-corrected chi connectivity index (χ0v) is 11.1. The molecule has 0 saturated carbocycles. The van der Waals surface area contributed by atoms with Crippen molar-refractivity contribution in [1.29, 1.82) is 0 Å². The summed E-state index contributed by atoms with van der Waals surface area (Å²) in [5.74, 6) is -1.32. The van der Waals surface area contributed by atoms with E-state index in [1.807, 2.05) is 13.8 Å². The van der Waals surface area contributed by atoms with Gasteiger partial charge in [-0.25, -0.2) is 18.7 Å². The number of benzene rings is 1. The van der Waals surface area contributed by atoms with Gasteiger partial charge in [0.05, 0.1) is 11.4 Å². The second-order valence-electron chi connectivity index (χ2n) is 4.22. The van der Waals surface area contributed by atoms with Crippen molar-refractivity contribution in [3.05, 3.63) is 41.2 Å². The van der Waals surface area contributed by atoms with E-state index in [4.69, 9.17) is 0 Å². The highest BCUT2D eigenvalue weighted by Crippen LogP contribution is 2.28. The van der Waals surface area contributed by atoms with Crippen molar-refractivity contribution in [2.45, 2.75) is 20.8 Å². The molecule has 0 radical (unpaired) electrons. The van der Waals surface area contributed by atoms with E-state index >= 15 is 0 Å². The molecule has 0 saturated heterocycles. The summed E-state index contributed by atoms with van der Waals surface area (Å²) in [5, 5.41) is 3.03. The van der Waals surface area contributed by atoms with Crippen molar-refractivity contribution in [1.82, 2.24) is 9.97 Å². The molecule has 0 aliphatic heterocycles. The predicted molar refractivity (Wildman–Crippen MR) is 71.0 cm³/mol. The molecule has 1 heterocycles. The predicted octanol–water partition coefficient (Wildman–Crippen LogP) is 3.47. The highest BCUT2D eigenvalue weighted by Gasteiger charge is 2.16. The van der Waals surface area contributed by atoms with Gasteiger partial charge in [0.15, 0.2) is 17.5 Å². The maximum absolute atomic E-state index is 13.9. The lowest BCUT2D eigenvalue weighted by Crippen LogP contribution is -2.07. The van der Waals surface area contributed by atoms with Crippen molar-refractivity contribution in [2.24, 2.45) is 0 Å². The maximum atomic E-state index is 13.9. The van der Waals surface area contributed by atoms with Crippen LogP contribution in [-0.2, 0) is 0 Å². The van der Waals surface area contributed by atoms with Gasteiger partial charge in [0, 0.05) is 12.1 Å². The Morgan fingerprint density at radius 2 is 1.79 bits per heavy atom. The summed E-state index contributed by atoms with van der Waals surface area (Å²) in [6.45, 7) is 6.15. The minimum absolute atomic E-state index is 0.117. The Bertz CT molecular complexity index is 612. The molecular formula is C14H15F2N3. The molecule has 3 nitrogen and oxygen atoms in total. The van der Waals surface area contributed by atoms with E-state index < -0.39 is 11.6 Å². The summed E-state index contributed by atoms with van der Waals surface area (Å²) in [6.07, 6.45) is 0. The van der Waals surface area contributed by atoms with Crippen LogP contribution in [0.1, 0.15) is 18.3 Å². The number of nitrogens with one attached hydrogen (secondary N) is 1. The molecule has 1 aromatic heterocycles. The Labute approximate surface area is 110 Å². The molecule has 0 fully saturated rings. The molecule has 2 rings (SSSR count). The molecule has 2 aromatic rings.